The van der Waals surface area contributed by atoms with Crippen molar-refractivity contribution in [2.75, 3.05) is 13.7 Å². The maximum atomic E-state index is 12.5. The highest BCUT2D eigenvalue weighted by atomic mass is 19.3. The van der Waals surface area contributed by atoms with Crippen LogP contribution in [0.4, 0.5) is 8.78 Å². The molecule has 6 nitrogen and oxygen atoms in total. The highest BCUT2D eigenvalue weighted by Crippen LogP contribution is 2.30. The van der Waals surface area contributed by atoms with Gasteiger partial charge in [-0.25, -0.2) is 4.79 Å². The summed E-state index contributed by atoms with van der Waals surface area (Å²) in [5, 5.41) is 0. The van der Waals surface area contributed by atoms with Crippen LogP contribution in [0.5, 0.6) is 17.2 Å². The summed E-state index contributed by atoms with van der Waals surface area (Å²) < 4.78 is 45.1. The van der Waals surface area contributed by atoms with Crippen LogP contribution >= 0.6 is 0 Å². The number of esters is 1. The van der Waals surface area contributed by atoms with Gasteiger partial charge in [-0.1, -0.05) is 6.07 Å². The number of carbonyl (C=O) groups is 2. The number of carbonyl (C=O) groups excluding carboxylic acids is 2. The van der Waals surface area contributed by atoms with Crippen molar-refractivity contribution in [2.45, 2.75) is 27.1 Å². The zero-order chi connectivity index (χ0) is 22.1. The molecule has 0 radical (unpaired) electrons. The molecule has 0 saturated heterocycles. The van der Waals surface area contributed by atoms with Gasteiger partial charge >= 0.3 is 12.6 Å². The lowest BCUT2D eigenvalue weighted by Crippen LogP contribution is -2.05. The lowest BCUT2D eigenvalue weighted by molar-refractivity contribution is -0.138. The third-order valence-corrected chi connectivity index (χ3v) is 3.95. The highest BCUT2D eigenvalue weighted by Gasteiger charge is 2.12. The quantitative estimate of drug-likeness (QED) is 0.316. The number of hydrogen-bond acceptors (Lipinski definition) is 6. The van der Waals surface area contributed by atoms with Gasteiger partial charge in [0.1, 0.15) is 12.4 Å². The van der Waals surface area contributed by atoms with Crippen LogP contribution in [0.15, 0.2) is 42.5 Å². The van der Waals surface area contributed by atoms with E-state index in [0.29, 0.717) is 22.4 Å². The average molecular weight is 420 g/mol. The first-order valence-electron chi connectivity index (χ1n) is 9.08. The van der Waals surface area contributed by atoms with Gasteiger partial charge in [0.2, 0.25) is 0 Å². The Labute approximate surface area is 173 Å². The molecule has 0 amide bonds. The average Bonchev–Trinajstić information content (AvgIpc) is 2.71. The number of alkyl halides is 2. The molecule has 2 rings (SSSR count). The molecule has 0 bridgehead atoms. The van der Waals surface area contributed by atoms with Gasteiger partial charge in [0.05, 0.1) is 13.7 Å². The van der Waals surface area contributed by atoms with E-state index in [9.17, 15) is 18.4 Å². The first kappa shape index (κ1) is 22.9. The van der Waals surface area contributed by atoms with Crippen LogP contribution < -0.4 is 14.2 Å². The van der Waals surface area contributed by atoms with Crippen molar-refractivity contribution in [3.63, 3.8) is 0 Å². The molecule has 0 spiro atoms. The maximum Gasteiger partial charge on any atom is 0.387 e. The summed E-state index contributed by atoms with van der Waals surface area (Å²) >= 11 is 0. The Balaban J connectivity index is 2.07. The number of halogens is 2. The summed E-state index contributed by atoms with van der Waals surface area (Å²) in [5.41, 5.74) is 1.57. The van der Waals surface area contributed by atoms with Crippen molar-refractivity contribution < 1.29 is 37.3 Å². The van der Waals surface area contributed by atoms with Gasteiger partial charge in [-0.15, -0.1) is 0 Å². The Hall–Kier alpha value is -3.42. The predicted octanol–water partition coefficient (Wildman–Crippen LogP) is 4.65. The Morgan fingerprint density at radius 1 is 1.07 bits per heavy atom. The van der Waals surface area contributed by atoms with E-state index in [0.717, 1.165) is 0 Å². The fourth-order valence-corrected chi connectivity index (χ4v) is 2.56. The van der Waals surface area contributed by atoms with E-state index < -0.39 is 12.6 Å². The molecule has 0 fully saturated rings. The van der Waals surface area contributed by atoms with Crippen LogP contribution in [0.2, 0.25) is 0 Å². The summed E-state index contributed by atoms with van der Waals surface area (Å²) in [7, 11) is 1.48. The highest BCUT2D eigenvalue weighted by molar-refractivity contribution is 5.94. The second-order valence-electron chi connectivity index (χ2n) is 6.04. The summed E-state index contributed by atoms with van der Waals surface area (Å²) in [6.45, 7) is 0.351. The Bertz CT molecular complexity index is 924. The van der Waals surface area contributed by atoms with Crippen LogP contribution in [0.1, 0.15) is 35.3 Å². The van der Waals surface area contributed by atoms with E-state index in [4.69, 9.17) is 14.2 Å². The number of ketones is 1. The van der Waals surface area contributed by atoms with Crippen LogP contribution in [0.3, 0.4) is 0 Å². The van der Waals surface area contributed by atoms with Crippen LogP contribution in [-0.2, 0) is 16.1 Å². The number of Topliss-reactive ketones (excluding diaryl/α,β-unsaturated/α-hetero) is 1. The minimum atomic E-state index is -2.97. The minimum Gasteiger partial charge on any atom is -0.496 e. The molecule has 0 aliphatic rings. The summed E-state index contributed by atoms with van der Waals surface area (Å²) in [5.74, 6) is -0.207. The van der Waals surface area contributed by atoms with E-state index >= 15 is 0 Å². The fraction of sp³-hybridized carbons (Fsp3) is 0.273. The van der Waals surface area contributed by atoms with Crippen LogP contribution in [0.25, 0.3) is 6.08 Å². The van der Waals surface area contributed by atoms with Gasteiger partial charge in [0, 0.05) is 17.2 Å². The number of hydrogen-bond donors (Lipinski definition) is 0. The van der Waals surface area contributed by atoms with E-state index in [1.807, 2.05) is 0 Å². The third kappa shape index (κ3) is 6.58. The van der Waals surface area contributed by atoms with E-state index in [1.54, 1.807) is 25.1 Å². The van der Waals surface area contributed by atoms with Gasteiger partial charge in [0.15, 0.2) is 17.3 Å². The zero-order valence-electron chi connectivity index (χ0n) is 16.8. The van der Waals surface area contributed by atoms with Crippen molar-refractivity contribution in [1.29, 1.82) is 0 Å². The number of rotatable bonds is 10. The molecule has 30 heavy (non-hydrogen) atoms. The molecule has 0 heterocycles. The lowest BCUT2D eigenvalue weighted by atomic mass is 10.1. The van der Waals surface area contributed by atoms with E-state index in [1.165, 1.54) is 44.4 Å². The molecule has 0 aliphatic heterocycles. The molecule has 0 N–H and O–H groups in total. The molecule has 2 aromatic carbocycles. The first-order chi connectivity index (χ1) is 14.3. The first-order valence-corrected chi connectivity index (χ1v) is 9.08. The Morgan fingerprint density at radius 3 is 2.43 bits per heavy atom. The van der Waals surface area contributed by atoms with Crippen LogP contribution in [-0.4, -0.2) is 32.1 Å². The molecule has 0 atom stereocenters. The van der Waals surface area contributed by atoms with Crippen molar-refractivity contribution in [1.82, 2.24) is 0 Å². The lowest BCUT2D eigenvalue weighted by Gasteiger charge is -2.11. The summed E-state index contributed by atoms with van der Waals surface area (Å²) in [6.07, 6.45) is 2.65. The normalized spacial score (nSPS) is 10.9. The molecular weight excluding hydrogens is 398 g/mol. The zero-order valence-corrected chi connectivity index (χ0v) is 16.8. The molecule has 0 aromatic heterocycles. The Kier molecular flexibility index (Phi) is 8.34. The largest absolute Gasteiger partial charge is 0.496 e. The SMILES string of the molecule is CCOc1cc(/C=C/C(=O)OCc2cc(C(C)=O)ccc2OC)ccc1OC(F)F. The van der Waals surface area contributed by atoms with Crippen molar-refractivity contribution >= 4 is 17.8 Å². The molecule has 0 aliphatic carbocycles. The number of methoxy groups -OCH3 is 1. The molecule has 8 heteroatoms. The van der Waals surface area contributed by atoms with Gasteiger partial charge < -0.3 is 18.9 Å². The van der Waals surface area contributed by atoms with Gasteiger partial charge in [-0.3, -0.25) is 4.79 Å². The smallest absolute Gasteiger partial charge is 0.387 e. The molecule has 0 saturated carbocycles. The minimum absolute atomic E-state index is 0.0845. The number of ether oxygens (including phenoxy) is 4. The summed E-state index contributed by atoms with van der Waals surface area (Å²) in [4.78, 5) is 23.6. The molecular formula is C22H22F2O6. The van der Waals surface area contributed by atoms with Gasteiger partial charge in [-0.05, 0) is 55.8 Å². The number of benzene rings is 2. The van der Waals surface area contributed by atoms with Gasteiger partial charge in [-0.2, -0.15) is 8.78 Å². The van der Waals surface area contributed by atoms with E-state index in [-0.39, 0.29) is 30.5 Å². The fourth-order valence-electron chi connectivity index (χ4n) is 2.56. The topological polar surface area (TPSA) is 71.1 Å². The standard InChI is InChI=1S/C22H22F2O6/c1-4-28-20-11-15(5-8-19(20)30-22(23)24)6-10-21(26)29-13-17-12-16(14(2)25)7-9-18(17)27-3/h5-12,22H,4,13H2,1-3H3/b10-6+. The van der Waals surface area contributed by atoms with Crippen molar-refractivity contribution in [3.8, 4) is 17.2 Å². The predicted molar refractivity (Wildman–Crippen MR) is 106 cm³/mol. The van der Waals surface area contributed by atoms with Gasteiger partial charge in [0.25, 0.3) is 0 Å². The molecule has 0 unspecified atom stereocenters. The Morgan fingerprint density at radius 2 is 1.80 bits per heavy atom. The monoisotopic (exact) mass is 420 g/mol. The second kappa shape index (κ2) is 10.9. The second-order valence-corrected chi connectivity index (χ2v) is 6.04. The maximum absolute atomic E-state index is 12.5. The van der Waals surface area contributed by atoms with E-state index in [2.05, 4.69) is 4.74 Å². The third-order valence-electron chi connectivity index (χ3n) is 3.95. The summed E-state index contributed by atoms with van der Waals surface area (Å²) in [6, 6.07) is 9.18. The van der Waals surface area contributed by atoms with Crippen molar-refractivity contribution in [2.24, 2.45) is 0 Å². The van der Waals surface area contributed by atoms with Crippen LogP contribution in [0, 0.1) is 0 Å². The molecule has 2 aromatic rings. The van der Waals surface area contributed by atoms with Crippen molar-refractivity contribution in [3.05, 3.63) is 59.2 Å². The molecule has 160 valence electrons.